The van der Waals surface area contributed by atoms with E-state index < -0.39 is 17.9 Å². The van der Waals surface area contributed by atoms with Crippen LogP contribution in [0, 0.1) is 0 Å². The Morgan fingerprint density at radius 2 is 1.95 bits per heavy atom. The molecule has 0 aliphatic rings. The molecule has 0 spiro atoms. The third-order valence-corrected chi connectivity index (χ3v) is 3.89. The maximum absolute atomic E-state index is 11.6. The van der Waals surface area contributed by atoms with E-state index in [0.29, 0.717) is 4.20 Å². The smallest absolute Gasteiger partial charge is 0.326 e. The first-order chi connectivity index (χ1) is 9.54. The molecule has 0 aromatic heterocycles. The third-order valence-electron chi connectivity index (χ3n) is 2.39. The maximum atomic E-state index is 11.6. The molecule has 0 saturated heterocycles. The molecular formula is C13H15NO4S2. The van der Waals surface area contributed by atoms with Gasteiger partial charge in [-0.1, -0.05) is 42.5 Å². The minimum atomic E-state index is -1.16. The number of thioether (sulfide) groups is 1. The van der Waals surface area contributed by atoms with E-state index in [-0.39, 0.29) is 18.8 Å². The number of amides is 1. The Morgan fingerprint density at radius 1 is 1.30 bits per heavy atom. The molecule has 20 heavy (non-hydrogen) atoms. The zero-order chi connectivity index (χ0) is 15.0. The lowest BCUT2D eigenvalue weighted by molar-refractivity contribution is -0.141. The monoisotopic (exact) mass is 313 g/mol. The lowest BCUT2D eigenvalue weighted by Crippen LogP contribution is -2.42. The molecule has 1 amide bonds. The predicted molar refractivity (Wildman–Crippen MR) is 81.9 cm³/mol. The van der Waals surface area contributed by atoms with E-state index in [9.17, 15) is 9.59 Å². The zero-order valence-corrected chi connectivity index (χ0v) is 12.2. The van der Waals surface area contributed by atoms with Crippen LogP contribution in [0.25, 0.3) is 0 Å². The van der Waals surface area contributed by atoms with Gasteiger partial charge in [0.2, 0.25) is 5.91 Å². The molecule has 1 rings (SSSR count). The van der Waals surface area contributed by atoms with Crippen LogP contribution in [0.5, 0.6) is 0 Å². The average molecular weight is 313 g/mol. The fourth-order valence-corrected chi connectivity index (χ4v) is 2.37. The van der Waals surface area contributed by atoms with E-state index in [1.807, 2.05) is 30.3 Å². The molecule has 3 N–H and O–H groups in total. The standard InChI is InChI=1S/C13H15NO4S2/c15-7-6-10(12(17)18)14-11(16)8-20-13(19)9-4-2-1-3-5-9/h1-5,10,15H,6-8H2,(H,14,16)(H,17,18)/t10-/m0/s1. The van der Waals surface area contributed by atoms with E-state index in [0.717, 1.165) is 5.56 Å². The number of benzene rings is 1. The second kappa shape index (κ2) is 8.68. The molecule has 0 unspecified atom stereocenters. The second-order valence-corrected chi connectivity index (χ2v) is 5.57. The number of nitrogens with one attached hydrogen (secondary N) is 1. The summed E-state index contributed by atoms with van der Waals surface area (Å²) < 4.78 is 0.579. The van der Waals surface area contributed by atoms with E-state index in [1.165, 1.54) is 11.8 Å². The lowest BCUT2D eigenvalue weighted by atomic mass is 10.2. The Morgan fingerprint density at radius 3 is 2.50 bits per heavy atom. The Kier molecular flexibility index (Phi) is 7.21. The van der Waals surface area contributed by atoms with Crippen molar-refractivity contribution in [2.45, 2.75) is 12.5 Å². The molecule has 0 aliphatic heterocycles. The summed E-state index contributed by atoms with van der Waals surface area (Å²) in [5.74, 6) is -1.54. The van der Waals surface area contributed by atoms with Crippen molar-refractivity contribution in [1.82, 2.24) is 5.32 Å². The van der Waals surface area contributed by atoms with Crippen LogP contribution >= 0.6 is 24.0 Å². The van der Waals surface area contributed by atoms with Crippen molar-refractivity contribution in [2.75, 3.05) is 12.4 Å². The summed E-state index contributed by atoms with van der Waals surface area (Å²) in [6, 6.07) is 8.19. The zero-order valence-electron chi connectivity index (χ0n) is 10.6. The number of carboxylic acids is 1. The molecule has 7 heteroatoms. The van der Waals surface area contributed by atoms with E-state index in [2.05, 4.69) is 5.32 Å². The third kappa shape index (κ3) is 5.68. The van der Waals surface area contributed by atoms with Crippen LogP contribution in [0.15, 0.2) is 30.3 Å². The van der Waals surface area contributed by atoms with Crippen molar-refractivity contribution >= 4 is 40.1 Å². The molecule has 1 atom stereocenters. The lowest BCUT2D eigenvalue weighted by Gasteiger charge is -2.13. The number of carbonyl (C=O) groups excluding carboxylic acids is 1. The Bertz CT molecular complexity index is 479. The summed E-state index contributed by atoms with van der Waals surface area (Å²) in [4.78, 5) is 22.5. The Balaban J connectivity index is 2.43. The molecule has 0 bridgehead atoms. The van der Waals surface area contributed by atoms with Crippen molar-refractivity contribution in [3.8, 4) is 0 Å². The van der Waals surface area contributed by atoms with Gasteiger partial charge in [0.15, 0.2) is 0 Å². The minimum absolute atomic E-state index is 0.0190. The number of rotatable bonds is 7. The van der Waals surface area contributed by atoms with Gasteiger partial charge in [-0.3, -0.25) is 4.79 Å². The van der Waals surface area contributed by atoms with Gasteiger partial charge in [-0.05, 0) is 5.56 Å². The van der Waals surface area contributed by atoms with Crippen molar-refractivity contribution in [3.05, 3.63) is 35.9 Å². The number of aliphatic hydroxyl groups is 1. The fraction of sp³-hybridized carbons (Fsp3) is 0.308. The highest BCUT2D eigenvalue weighted by molar-refractivity contribution is 8.24. The Hall–Kier alpha value is -1.44. The summed E-state index contributed by atoms with van der Waals surface area (Å²) >= 11 is 6.36. The SMILES string of the molecule is O=C(CSC(=S)c1ccccc1)N[C@@H](CCO)C(=O)O. The van der Waals surface area contributed by atoms with Crippen molar-refractivity contribution in [2.24, 2.45) is 0 Å². The van der Waals surface area contributed by atoms with Crippen LogP contribution in [-0.4, -0.2) is 44.7 Å². The predicted octanol–water partition coefficient (Wildman–Crippen LogP) is 1.05. The number of carbonyl (C=O) groups is 2. The molecule has 0 heterocycles. The molecule has 0 aliphatic carbocycles. The highest BCUT2D eigenvalue weighted by Gasteiger charge is 2.19. The fourth-order valence-electron chi connectivity index (χ4n) is 1.41. The highest BCUT2D eigenvalue weighted by atomic mass is 32.2. The molecule has 5 nitrogen and oxygen atoms in total. The van der Waals surface area contributed by atoms with E-state index >= 15 is 0 Å². The first kappa shape index (κ1) is 16.6. The molecule has 1 aromatic carbocycles. The highest BCUT2D eigenvalue weighted by Crippen LogP contribution is 2.13. The number of aliphatic carboxylic acids is 1. The van der Waals surface area contributed by atoms with Crippen LogP contribution < -0.4 is 5.32 Å². The van der Waals surface area contributed by atoms with Crippen molar-refractivity contribution < 1.29 is 19.8 Å². The van der Waals surface area contributed by atoms with E-state index in [4.69, 9.17) is 22.4 Å². The summed E-state index contributed by atoms with van der Waals surface area (Å²) in [5.41, 5.74) is 0.852. The topological polar surface area (TPSA) is 86.6 Å². The van der Waals surface area contributed by atoms with Crippen LogP contribution in [0.1, 0.15) is 12.0 Å². The summed E-state index contributed by atoms with van der Waals surface area (Å²) in [5, 5.41) is 19.9. The number of hydrogen-bond acceptors (Lipinski definition) is 5. The van der Waals surface area contributed by atoms with Crippen LogP contribution in [0.3, 0.4) is 0 Å². The average Bonchev–Trinajstić information content (AvgIpc) is 2.45. The largest absolute Gasteiger partial charge is 0.480 e. The molecule has 0 fully saturated rings. The molecular weight excluding hydrogens is 298 g/mol. The molecule has 0 radical (unpaired) electrons. The van der Waals surface area contributed by atoms with Gasteiger partial charge in [-0.2, -0.15) is 0 Å². The minimum Gasteiger partial charge on any atom is -0.480 e. The summed E-state index contributed by atoms with van der Waals surface area (Å²) in [7, 11) is 0. The molecule has 108 valence electrons. The van der Waals surface area contributed by atoms with Crippen molar-refractivity contribution in [3.63, 3.8) is 0 Å². The summed E-state index contributed by atoms with van der Waals surface area (Å²) in [6.07, 6.45) is -0.0190. The number of aliphatic hydroxyl groups excluding tert-OH is 1. The van der Waals surface area contributed by atoms with Gasteiger partial charge in [0, 0.05) is 13.0 Å². The van der Waals surface area contributed by atoms with Gasteiger partial charge in [-0.25, -0.2) is 4.79 Å². The second-order valence-electron chi connectivity index (χ2n) is 3.91. The quantitative estimate of drug-likeness (QED) is 0.652. The normalized spacial score (nSPS) is 11.7. The first-order valence-electron chi connectivity index (χ1n) is 5.89. The van der Waals surface area contributed by atoms with Gasteiger partial charge in [0.05, 0.1) is 9.95 Å². The number of thiocarbonyl (C=S) groups is 1. The van der Waals surface area contributed by atoms with Gasteiger partial charge < -0.3 is 15.5 Å². The molecule has 0 saturated carbocycles. The van der Waals surface area contributed by atoms with Crippen LogP contribution in [0.4, 0.5) is 0 Å². The number of carboxylic acid groups (broad SMARTS) is 1. The van der Waals surface area contributed by atoms with Crippen molar-refractivity contribution in [1.29, 1.82) is 0 Å². The maximum Gasteiger partial charge on any atom is 0.326 e. The van der Waals surface area contributed by atoms with Gasteiger partial charge >= 0.3 is 5.97 Å². The van der Waals surface area contributed by atoms with Gasteiger partial charge in [-0.15, -0.1) is 11.8 Å². The van der Waals surface area contributed by atoms with Crippen LogP contribution in [0.2, 0.25) is 0 Å². The Labute approximate surface area is 126 Å². The number of hydrogen-bond donors (Lipinski definition) is 3. The van der Waals surface area contributed by atoms with E-state index in [1.54, 1.807) is 0 Å². The van der Waals surface area contributed by atoms with Gasteiger partial charge in [0.25, 0.3) is 0 Å². The summed E-state index contributed by atoms with van der Waals surface area (Å²) in [6.45, 7) is -0.299. The molecule has 1 aromatic rings. The van der Waals surface area contributed by atoms with Crippen LogP contribution in [-0.2, 0) is 9.59 Å². The first-order valence-corrected chi connectivity index (χ1v) is 7.29. The van der Waals surface area contributed by atoms with Gasteiger partial charge in [0.1, 0.15) is 6.04 Å².